The molecule has 0 aliphatic rings. The monoisotopic (exact) mass is 412 g/mol. The van der Waals surface area contributed by atoms with Gasteiger partial charge in [-0.3, -0.25) is 4.79 Å². The normalized spacial score (nSPS) is 10.9. The summed E-state index contributed by atoms with van der Waals surface area (Å²) in [4.78, 5) is 12.4. The number of unbranched alkanes of at least 4 members (excludes halogenated alkanes) is 1. The fraction of sp³-hybridized carbons (Fsp3) is 0.238. The summed E-state index contributed by atoms with van der Waals surface area (Å²) in [6.45, 7) is 2.15. The third-order valence-electron chi connectivity index (χ3n) is 3.89. The number of amides is 1. The number of methoxy groups -OCH3 is 1. The number of hydrogen-bond acceptors (Lipinski definition) is 3. The number of nitriles is 1. The largest absolute Gasteiger partial charge is 0.497 e. The van der Waals surface area contributed by atoms with Gasteiger partial charge in [-0.1, -0.05) is 31.5 Å². The lowest BCUT2D eigenvalue weighted by molar-refractivity contribution is -0.112. The molecular weight excluding hydrogens is 392 g/mol. The highest BCUT2D eigenvalue weighted by Crippen LogP contribution is 2.25. The highest BCUT2D eigenvalue weighted by molar-refractivity contribution is 9.10. The first-order valence-electron chi connectivity index (χ1n) is 8.43. The third-order valence-corrected chi connectivity index (χ3v) is 4.55. The van der Waals surface area contributed by atoms with E-state index >= 15 is 0 Å². The second kappa shape index (κ2) is 9.79. The second-order valence-electron chi connectivity index (χ2n) is 5.81. The highest BCUT2D eigenvalue weighted by Gasteiger charge is 2.12. The number of halogens is 1. The topological polar surface area (TPSA) is 62.1 Å². The molecule has 4 nitrogen and oxygen atoms in total. The maximum Gasteiger partial charge on any atom is 0.266 e. The molecule has 134 valence electrons. The first-order chi connectivity index (χ1) is 12.6. The van der Waals surface area contributed by atoms with Gasteiger partial charge in [-0.05, 0) is 70.2 Å². The molecule has 0 radical (unpaired) electrons. The van der Waals surface area contributed by atoms with E-state index in [1.165, 1.54) is 5.56 Å². The van der Waals surface area contributed by atoms with Crippen molar-refractivity contribution in [3.05, 3.63) is 63.6 Å². The van der Waals surface area contributed by atoms with Crippen LogP contribution in [0.25, 0.3) is 6.08 Å². The number of nitrogens with zero attached hydrogens (tertiary/aromatic N) is 1. The van der Waals surface area contributed by atoms with Gasteiger partial charge in [0.25, 0.3) is 5.91 Å². The van der Waals surface area contributed by atoms with E-state index in [4.69, 9.17) is 4.74 Å². The average molecular weight is 413 g/mol. The lowest BCUT2D eigenvalue weighted by Gasteiger charge is -2.09. The molecule has 26 heavy (non-hydrogen) atoms. The summed E-state index contributed by atoms with van der Waals surface area (Å²) in [5.41, 5.74) is 2.65. The second-order valence-corrected chi connectivity index (χ2v) is 6.67. The van der Waals surface area contributed by atoms with Crippen molar-refractivity contribution in [2.75, 3.05) is 12.4 Å². The Bertz CT molecular complexity index is 836. The molecule has 0 aromatic heterocycles. The fourth-order valence-electron chi connectivity index (χ4n) is 2.40. The molecule has 2 rings (SSSR count). The zero-order valence-corrected chi connectivity index (χ0v) is 16.5. The lowest BCUT2D eigenvalue weighted by Crippen LogP contribution is -2.14. The Labute approximate surface area is 162 Å². The summed E-state index contributed by atoms with van der Waals surface area (Å²) >= 11 is 3.49. The molecule has 0 spiro atoms. The molecule has 2 aromatic rings. The Balaban J connectivity index is 2.13. The summed E-state index contributed by atoms with van der Waals surface area (Å²) < 4.78 is 5.91. The summed E-state index contributed by atoms with van der Waals surface area (Å²) in [5.74, 6) is 0.280. The van der Waals surface area contributed by atoms with Gasteiger partial charge in [0.1, 0.15) is 17.4 Å². The van der Waals surface area contributed by atoms with Crippen LogP contribution < -0.4 is 10.1 Å². The number of aryl methyl sites for hydroxylation is 1. The van der Waals surface area contributed by atoms with Crippen molar-refractivity contribution < 1.29 is 9.53 Å². The van der Waals surface area contributed by atoms with E-state index in [1.54, 1.807) is 37.5 Å². The first kappa shape index (κ1) is 19.7. The molecule has 0 aliphatic heterocycles. The van der Waals surface area contributed by atoms with Gasteiger partial charge < -0.3 is 10.1 Å². The molecule has 0 saturated heterocycles. The molecule has 1 amide bonds. The minimum Gasteiger partial charge on any atom is -0.497 e. The lowest BCUT2D eigenvalue weighted by atomic mass is 10.1. The first-order valence-corrected chi connectivity index (χ1v) is 9.22. The molecule has 0 fully saturated rings. The van der Waals surface area contributed by atoms with Crippen LogP contribution in [-0.2, 0) is 11.2 Å². The predicted molar refractivity (Wildman–Crippen MR) is 108 cm³/mol. The van der Waals surface area contributed by atoms with Crippen LogP contribution in [-0.4, -0.2) is 13.0 Å². The zero-order chi connectivity index (χ0) is 18.9. The Morgan fingerprint density at radius 3 is 2.58 bits per heavy atom. The summed E-state index contributed by atoms with van der Waals surface area (Å²) in [6.07, 6.45) is 4.82. The van der Waals surface area contributed by atoms with Crippen molar-refractivity contribution in [1.29, 1.82) is 5.26 Å². The van der Waals surface area contributed by atoms with Crippen LogP contribution in [0.4, 0.5) is 5.69 Å². The Kier molecular flexibility index (Phi) is 7.43. The van der Waals surface area contributed by atoms with Crippen LogP contribution in [0.3, 0.4) is 0 Å². The number of rotatable bonds is 7. The molecular formula is C21H21BrN2O2. The standard InChI is InChI=1S/C21H21BrN2O2/c1-3-4-5-15-8-11-20(19(22)13-15)24-21(25)17(14-23)12-16-6-9-18(26-2)10-7-16/h6-13H,3-5H2,1-2H3,(H,24,25)/b17-12+. The quantitative estimate of drug-likeness (QED) is 0.492. The molecule has 1 N–H and O–H groups in total. The van der Waals surface area contributed by atoms with Gasteiger partial charge in [-0.15, -0.1) is 0 Å². The van der Waals surface area contributed by atoms with E-state index in [-0.39, 0.29) is 5.57 Å². The van der Waals surface area contributed by atoms with Gasteiger partial charge in [0.15, 0.2) is 0 Å². The van der Waals surface area contributed by atoms with Crippen LogP contribution in [0.1, 0.15) is 30.9 Å². The molecule has 2 aromatic carbocycles. The highest BCUT2D eigenvalue weighted by atomic mass is 79.9. The van der Waals surface area contributed by atoms with Crippen LogP contribution in [0, 0.1) is 11.3 Å². The number of nitrogens with one attached hydrogen (secondary N) is 1. The minimum atomic E-state index is -0.440. The van der Waals surface area contributed by atoms with Crippen molar-refractivity contribution in [3.63, 3.8) is 0 Å². The SMILES string of the molecule is CCCCc1ccc(NC(=O)/C(C#N)=C/c2ccc(OC)cc2)c(Br)c1. The van der Waals surface area contributed by atoms with Crippen molar-refractivity contribution in [2.24, 2.45) is 0 Å². The Morgan fingerprint density at radius 2 is 2.00 bits per heavy atom. The molecule has 0 atom stereocenters. The molecule has 0 heterocycles. The van der Waals surface area contributed by atoms with Crippen molar-refractivity contribution in [2.45, 2.75) is 26.2 Å². The van der Waals surface area contributed by atoms with Gasteiger partial charge in [0.05, 0.1) is 12.8 Å². The third kappa shape index (κ3) is 5.47. The van der Waals surface area contributed by atoms with Gasteiger partial charge in [-0.2, -0.15) is 5.26 Å². The van der Waals surface area contributed by atoms with Gasteiger partial charge >= 0.3 is 0 Å². The van der Waals surface area contributed by atoms with E-state index in [1.807, 2.05) is 24.3 Å². The fourth-order valence-corrected chi connectivity index (χ4v) is 2.93. The Hall–Kier alpha value is -2.58. The van der Waals surface area contributed by atoms with Crippen LogP contribution in [0.2, 0.25) is 0 Å². The summed E-state index contributed by atoms with van der Waals surface area (Å²) in [6, 6.07) is 15.0. The molecule has 0 unspecified atom stereocenters. The van der Waals surface area contributed by atoms with Gasteiger partial charge in [-0.25, -0.2) is 0 Å². The molecule has 0 bridgehead atoms. The van der Waals surface area contributed by atoms with Crippen LogP contribution >= 0.6 is 15.9 Å². The number of anilines is 1. The zero-order valence-electron chi connectivity index (χ0n) is 14.9. The van der Waals surface area contributed by atoms with Crippen molar-refractivity contribution in [1.82, 2.24) is 0 Å². The van der Waals surface area contributed by atoms with Gasteiger partial charge in [0.2, 0.25) is 0 Å². The van der Waals surface area contributed by atoms with Crippen molar-refractivity contribution >= 4 is 33.6 Å². The number of carbonyl (C=O) groups is 1. The van der Waals surface area contributed by atoms with E-state index in [9.17, 15) is 10.1 Å². The molecule has 0 saturated carbocycles. The van der Waals surface area contributed by atoms with E-state index in [0.29, 0.717) is 5.69 Å². The molecule has 0 aliphatic carbocycles. The van der Waals surface area contributed by atoms with E-state index in [0.717, 1.165) is 35.0 Å². The number of benzene rings is 2. The number of carbonyl (C=O) groups excluding carboxylic acids is 1. The summed E-state index contributed by atoms with van der Waals surface area (Å²) in [5, 5.41) is 12.1. The van der Waals surface area contributed by atoms with E-state index in [2.05, 4.69) is 28.2 Å². The average Bonchev–Trinajstić information content (AvgIpc) is 2.66. The van der Waals surface area contributed by atoms with Crippen LogP contribution in [0.5, 0.6) is 5.75 Å². The Morgan fingerprint density at radius 1 is 1.27 bits per heavy atom. The smallest absolute Gasteiger partial charge is 0.266 e. The molecule has 5 heteroatoms. The number of hydrogen-bond donors (Lipinski definition) is 1. The maximum absolute atomic E-state index is 12.4. The number of ether oxygens (including phenoxy) is 1. The van der Waals surface area contributed by atoms with Gasteiger partial charge in [0, 0.05) is 4.47 Å². The maximum atomic E-state index is 12.4. The van der Waals surface area contributed by atoms with Crippen molar-refractivity contribution in [3.8, 4) is 11.8 Å². The summed E-state index contributed by atoms with van der Waals surface area (Å²) in [7, 11) is 1.59. The predicted octanol–water partition coefficient (Wildman–Crippen LogP) is 5.35. The van der Waals surface area contributed by atoms with E-state index < -0.39 is 5.91 Å². The minimum absolute atomic E-state index is 0.0390. The van der Waals surface area contributed by atoms with Crippen LogP contribution in [0.15, 0.2) is 52.5 Å².